The molecule has 0 N–H and O–H groups in total. The van der Waals surface area contributed by atoms with Crippen LogP contribution >= 0.6 is 56.7 Å². The van der Waals surface area contributed by atoms with E-state index in [2.05, 4.69) is 66.4 Å². The number of rotatable bonds is 9. The van der Waals surface area contributed by atoms with Gasteiger partial charge in [-0.15, -0.1) is 34.0 Å². The summed E-state index contributed by atoms with van der Waals surface area (Å²) in [4.78, 5) is 24.3. The maximum Gasteiger partial charge on any atom is 0.350 e. The molecule has 2 aliphatic carbocycles. The van der Waals surface area contributed by atoms with Crippen molar-refractivity contribution in [2.75, 3.05) is 13.2 Å². The number of ether oxygens (including phenoxy) is 2. The molecule has 7 rings (SSSR count). The van der Waals surface area contributed by atoms with Crippen molar-refractivity contribution in [1.82, 2.24) is 0 Å². The predicted molar refractivity (Wildman–Crippen MR) is 207 cm³/mol. The Hall–Kier alpha value is -4.60. The highest BCUT2D eigenvalue weighted by Gasteiger charge is 2.50. The maximum absolute atomic E-state index is 9.29. The van der Waals surface area contributed by atoms with Crippen LogP contribution in [0.5, 0.6) is 11.5 Å². The Labute approximate surface area is 310 Å². The molecule has 5 aromatic heterocycles. The molecule has 0 bridgehead atoms. The highest BCUT2D eigenvalue weighted by Crippen LogP contribution is 2.67. The van der Waals surface area contributed by atoms with Crippen LogP contribution in [-0.2, 0) is 10.8 Å². The molecule has 0 radical (unpaired) electrons. The zero-order chi connectivity index (χ0) is 35.5. The summed E-state index contributed by atoms with van der Waals surface area (Å²) >= 11 is 8.29. The molecule has 0 atom stereocenters. The predicted octanol–water partition coefficient (Wildman–Crippen LogP) is 12.1. The van der Waals surface area contributed by atoms with Crippen molar-refractivity contribution in [3.63, 3.8) is 0 Å². The third kappa shape index (κ3) is 5.21. The molecule has 0 spiro atoms. The van der Waals surface area contributed by atoms with Crippen LogP contribution in [0.1, 0.15) is 70.2 Å². The van der Waals surface area contributed by atoms with E-state index in [1.807, 2.05) is 42.5 Å². The van der Waals surface area contributed by atoms with Gasteiger partial charge < -0.3 is 19.2 Å². The second kappa shape index (κ2) is 12.6. The molecule has 2 aliphatic rings. The molecule has 0 unspecified atom stereocenters. The van der Waals surface area contributed by atoms with Crippen LogP contribution in [-0.4, -0.2) is 24.9 Å². The number of thiophene rings is 5. The lowest BCUT2D eigenvalue weighted by Gasteiger charge is -2.28. The van der Waals surface area contributed by atoms with E-state index in [-0.39, 0.29) is 22.5 Å². The van der Waals surface area contributed by atoms with E-state index in [0.29, 0.717) is 29.0 Å². The summed E-state index contributed by atoms with van der Waals surface area (Å²) in [7, 11) is 0. The summed E-state index contributed by atoms with van der Waals surface area (Å²) in [6.45, 7) is 28.9. The van der Waals surface area contributed by atoms with Crippen LogP contribution in [0, 0.1) is 35.8 Å². The Morgan fingerprint density at radius 2 is 1.14 bits per heavy atom. The first kappa shape index (κ1) is 33.9. The third-order valence-electron chi connectivity index (χ3n) is 8.80. The first-order valence-corrected chi connectivity index (χ1v) is 19.8. The van der Waals surface area contributed by atoms with Crippen LogP contribution in [0.15, 0.2) is 34.3 Å². The first-order chi connectivity index (χ1) is 24.0. The molecule has 8 nitrogen and oxygen atoms in total. The van der Waals surface area contributed by atoms with E-state index >= 15 is 0 Å². The van der Waals surface area contributed by atoms with Gasteiger partial charge in [0.1, 0.15) is 23.6 Å². The maximum atomic E-state index is 9.29. The number of amidine groups is 2. The van der Waals surface area contributed by atoms with Crippen LogP contribution in [0.2, 0.25) is 0 Å². The topological polar surface area (TPSA) is 99.5 Å². The van der Waals surface area contributed by atoms with Gasteiger partial charge in [-0.05, 0) is 47.7 Å². The fourth-order valence-corrected chi connectivity index (χ4v) is 13.3. The van der Waals surface area contributed by atoms with Gasteiger partial charge in [0, 0.05) is 52.2 Å². The van der Waals surface area contributed by atoms with Crippen LogP contribution in [0.4, 0.5) is 10.0 Å². The van der Waals surface area contributed by atoms with Crippen molar-refractivity contribution in [3.8, 4) is 62.7 Å². The van der Waals surface area contributed by atoms with Crippen molar-refractivity contribution in [1.29, 1.82) is 10.5 Å². The van der Waals surface area contributed by atoms with Crippen LogP contribution in [0.3, 0.4) is 0 Å². The molecule has 5 heterocycles. The van der Waals surface area contributed by atoms with Gasteiger partial charge in [0.05, 0.1) is 23.0 Å². The lowest BCUT2D eigenvalue weighted by Crippen LogP contribution is -2.22. The Bertz CT molecular complexity index is 2420. The van der Waals surface area contributed by atoms with Crippen molar-refractivity contribution in [2.45, 2.75) is 58.8 Å². The summed E-state index contributed by atoms with van der Waals surface area (Å²) in [5.41, 5.74) is 4.97. The average Bonchev–Trinajstić information content (AvgIpc) is 3.94. The highest BCUT2D eigenvalue weighted by molar-refractivity contribution is 7.31. The minimum absolute atomic E-state index is 0.193. The number of nitriles is 2. The van der Waals surface area contributed by atoms with E-state index in [9.17, 15) is 10.5 Å². The molecule has 0 amide bonds. The molecule has 0 fully saturated rings. The van der Waals surface area contributed by atoms with E-state index in [1.54, 1.807) is 22.7 Å². The fraction of sp³-hybridized carbons (Fsp3) is 0.297. The Balaban J connectivity index is 1.33. The molecule has 50 heavy (non-hydrogen) atoms. The average molecular weight is 749 g/mol. The smallest absolute Gasteiger partial charge is 0.350 e. The van der Waals surface area contributed by atoms with Gasteiger partial charge in [-0.2, -0.15) is 0 Å². The molecule has 5 aromatic rings. The van der Waals surface area contributed by atoms with Gasteiger partial charge in [-0.25, -0.2) is 10.5 Å². The fourth-order valence-electron chi connectivity index (χ4n) is 6.60. The molecular weight excluding hydrogens is 721 g/mol. The molecule has 0 saturated heterocycles. The van der Waals surface area contributed by atoms with E-state index in [4.69, 9.17) is 22.6 Å². The quantitative estimate of drug-likeness (QED) is 0.0851. The zero-order valence-corrected chi connectivity index (χ0v) is 32.1. The zero-order valence-electron chi connectivity index (χ0n) is 28.0. The third-order valence-corrected chi connectivity index (χ3v) is 15.0. The Kier molecular flexibility index (Phi) is 8.55. The largest absolute Gasteiger partial charge is 0.492 e. The lowest BCUT2D eigenvalue weighted by atomic mass is 9.74. The second-order valence-electron chi connectivity index (χ2n) is 12.6. The normalized spacial score (nSPS) is 14.9. The number of aliphatic imine (C=N–C) groups is 2. The minimum atomic E-state index is -0.220. The van der Waals surface area contributed by atoms with Gasteiger partial charge in [-0.1, -0.05) is 80.4 Å². The van der Waals surface area contributed by atoms with Crippen molar-refractivity contribution in [2.24, 2.45) is 9.98 Å². The number of hydrogen-bond acceptors (Lipinski definition) is 11. The van der Waals surface area contributed by atoms with Crippen molar-refractivity contribution in [3.05, 3.63) is 69.4 Å². The van der Waals surface area contributed by atoms with Gasteiger partial charge in [-0.3, -0.25) is 0 Å². The van der Waals surface area contributed by atoms with E-state index in [1.165, 1.54) is 64.4 Å². The van der Waals surface area contributed by atoms with Crippen LogP contribution in [0.25, 0.3) is 48.7 Å². The first-order valence-electron chi connectivity index (χ1n) is 15.7. The number of hydrogen-bond donors (Lipinski definition) is 0. The van der Waals surface area contributed by atoms with Gasteiger partial charge in [0.15, 0.2) is 0 Å². The minimum Gasteiger partial charge on any atom is -0.492 e. The van der Waals surface area contributed by atoms with Crippen molar-refractivity contribution < 1.29 is 9.47 Å². The molecule has 0 saturated carbocycles. The summed E-state index contributed by atoms with van der Waals surface area (Å²) < 4.78 is 12.2. The lowest BCUT2D eigenvalue weighted by molar-refractivity contribution is 0.320. The molecule has 13 heteroatoms. The molecule has 0 aromatic carbocycles. The summed E-state index contributed by atoms with van der Waals surface area (Å²) in [5.74, 6) is 1.05. The van der Waals surface area contributed by atoms with Gasteiger partial charge in [0.2, 0.25) is 10.0 Å². The SMILES string of the molecule is [C-]#[N+]C(C#N)=Nc1cc(OCC)c(-c2cc3c(s2)-c2sc4c(c2C3(C)C)C(C)(C)c2cc(-c3sc(N=C(C#N)[N+]#[C-])cc3OCCC)sc2-4)s1. The van der Waals surface area contributed by atoms with Crippen LogP contribution < -0.4 is 9.47 Å². The van der Waals surface area contributed by atoms with Crippen molar-refractivity contribution >= 4 is 78.4 Å². The molecule has 0 aliphatic heterocycles. The standard InChI is InChI=1S/C37H28N6O2S5/c1-9-11-45-21-15-27(43-25(17-39)41-8)49-33(21)23-13-19-31(47-23)35-29(37(19,5)6)28-34(50-35)30-18(36(28,3)4)12-22(46-30)32-20(44-10-2)14-26(48-32)42-24(16-38)40-7/h12-15H,9-11H2,1-6H3. The number of nitrogens with zero attached hydrogens (tertiary/aromatic N) is 6. The summed E-state index contributed by atoms with van der Waals surface area (Å²) in [6, 6.07) is 12.0. The van der Waals surface area contributed by atoms with Gasteiger partial charge in [0.25, 0.3) is 0 Å². The number of fused-ring (bicyclic) bond motifs is 7. The highest BCUT2D eigenvalue weighted by atomic mass is 32.1. The summed E-state index contributed by atoms with van der Waals surface area (Å²) in [6.07, 6.45) is 0.860. The molecule has 248 valence electrons. The van der Waals surface area contributed by atoms with E-state index in [0.717, 1.165) is 31.7 Å². The van der Waals surface area contributed by atoms with Gasteiger partial charge >= 0.3 is 11.7 Å². The molecular formula is C37H28N6O2S5. The Morgan fingerprint density at radius 3 is 1.54 bits per heavy atom. The Morgan fingerprint density at radius 1 is 0.680 bits per heavy atom. The summed E-state index contributed by atoms with van der Waals surface area (Å²) in [5, 5.41) is 19.7. The monoisotopic (exact) mass is 748 g/mol. The second-order valence-corrected chi connectivity index (χ2v) is 17.8. The van der Waals surface area contributed by atoms with E-state index < -0.39 is 0 Å².